The van der Waals surface area contributed by atoms with E-state index in [0.717, 1.165) is 31.8 Å². The Morgan fingerprint density at radius 3 is 2.26 bits per heavy atom. The lowest BCUT2D eigenvalue weighted by Gasteiger charge is -2.36. The molecule has 0 aromatic heterocycles. The van der Waals surface area contributed by atoms with Crippen LogP contribution in [0.2, 0.25) is 0 Å². The van der Waals surface area contributed by atoms with E-state index in [4.69, 9.17) is 0 Å². The quantitative estimate of drug-likeness (QED) is 0.581. The summed E-state index contributed by atoms with van der Waals surface area (Å²) in [6, 6.07) is 0. The van der Waals surface area contributed by atoms with Crippen LogP contribution in [-0.4, -0.2) is 23.8 Å². The van der Waals surface area contributed by atoms with E-state index in [2.05, 4.69) is 19.2 Å². The van der Waals surface area contributed by atoms with Crippen molar-refractivity contribution in [1.82, 2.24) is 5.32 Å². The van der Waals surface area contributed by atoms with Gasteiger partial charge in [0, 0.05) is 6.54 Å². The Morgan fingerprint density at radius 2 is 1.63 bits per heavy atom. The molecule has 0 saturated heterocycles. The van der Waals surface area contributed by atoms with Crippen molar-refractivity contribution in [3.8, 4) is 0 Å². The highest BCUT2D eigenvalue weighted by Gasteiger charge is 2.31. The lowest BCUT2D eigenvalue weighted by atomic mass is 9.78. The maximum atomic E-state index is 10.5. The summed E-state index contributed by atoms with van der Waals surface area (Å²) in [6.45, 7) is 6.41. The minimum atomic E-state index is -0.409. The molecule has 2 N–H and O–H groups in total. The number of hydrogen-bond donors (Lipinski definition) is 2. The molecule has 0 radical (unpaired) electrons. The number of rotatable bonds is 10. The second-order valence-electron chi connectivity index (χ2n) is 6.52. The summed E-state index contributed by atoms with van der Waals surface area (Å²) in [5, 5.41) is 14.0. The van der Waals surface area contributed by atoms with Crippen LogP contribution in [0.4, 0.5) is 0 Å². The van der Waals surface area contributed by atoms with Crippen LogP contribution >= 0.6 is 0 Å². The number of aliphatic hydroxyl groups is 1. The Labute approximate surface area is 120 Å². The molecule has 1 fully saturated rings. The predicted molar refractivity (Wildman–Crippen MR) is 83.4 cm³/mol. The standard InChI is InChI=1S/C17H35NO/c1-3-5-6-7-8-9-14-18-15-17(19)12-10-16(4-2)11-13-17/h16,18-19H,3-15H2,1-2H3. The van der Waals surface area contributed by atoms with Crippen LogP contribution in [0.5, 0.6) is 0 Å². The van der Waals surface area contributed by atoms with Gasteiger partial charge in [0.1, 0.15) is 0 Å². The summed E-state index contributed by atoms with van der Waals surface area (Å²) in [4.78, 5) is 0. The van der Waals surface area contributed by atoms with E-state index in [1.54, 1.807) is 0 Å². The van der Waals surface area contributed by atoms with Crippen molar-refractivity contribution >= 4 is 0 Å². The second kappa shape index (κ2) is 9.77. The van der Waals surface area contributed by atoms with Crippen molar-refractivity contribution in [3.63, 3.8) is 0 Å². The van der Waals surface area contributed by atoms with Gasteiger partial charge in [-0.05, 0) is 44.6 Å². The summed E-state index contributed by atoms with van der Waals surface area (Å²) in [7, 11) is 0. The van der Waals surface area contributed by atoms with Gasteiger partial charge < -0.3 is 10.4 Å². The van der Waals surface area contributed by atoms with E-state index in [0.29, 0.717) is 0 Å². The lowest BCUT2D eigenvalue weighted by molar-refractivity contribution is -0.00847. The fourth-order valence-corrected chi connectivity index (χ4v) is 3.15. The smallest absolute Gasteiger partial charge is 0.0771 e. The van der Waals surface area contributed by atoms with Crippen LogP contribution in [0, 0.1) is 5.92 Å². The van der Waals surface area contributed by atoms with E-state index in [1.807, 2.05) is 0 Å². The van der Waals surface area contributed by atoms with Gasteiger partial charge in [-0.3, -0.25) is 0 Å². The summed E-state index contributed by atoms with van der Waals surface area (Å²) in [5.74, 6) is 0.860. The first-order valence-electron chi connectivity index (χ1n) is 8.63. The predicted octanol–water partition coefficient (Wildman–Crippen LogP) is 4.27. The van der Waals surface area contributed by atoms with Gasteiger partial charge in [-0.25, -0.2) is 0 Å². The molecule has 0 heterocycles. The fraction of sp³-hybridized carbons (Fsp3) is 1.00. The Balaban J connectivity index is 1.97. The molecule has 0 atom stereocenters. The molecule has 1 saturated carbocycles. The highest BCUT2D eigenvalue weighted by atomic mass is 16.3. The molecule has 0 unspecified atom stereocenters. The van der Waals surface area contributed by atoms with E-state index in [-0.39, 0.29) is 0 Å². The Bertz CT molecular complexity index is 209. The van der Waals surface area contributed by atoms with Crippen LogP contribution in [0.1, 0.15) is 84.5 Å². The Kier molecular flexibility index (Phi) is 8.72. The minimum absolute atomic E-state index is 0.409. The van der Waals surface area contributed by atoms with Gasteiger partial charge in [-0.1, -0.05) is 52.4 Å². The molecule has 0 aromatic carbocycles. The van der Waals surface area contributed by atoms with Crippen molar-refractivity contribution in [3.05, 3.63) is 0 Å². The third kappa shape index (κ3) is 7.31. The lowest BCUT2D eigenvalue weighted by Crippen LogP contribution is -2.43. The average molecular weight is 269 g/mol. The van der Waals surface area contributed by atoms with Gasteiger partial charge in [0.15, 0.2) is 0 Å². The topological polar surface area (TPSA) is 32.3 Å². The maximum absolute atomic E-state index is 10.5. The fourth-order valence-electron chi connectivity index (χ4n) is 3.15. The molecule has 0 spiro atoms. The van der Waals surface area contributed by atoms with E-state index in [1.165, 1.54) is 57.8 Å². The van der Waals surface area contributed by atoms with E-state index in [9.17, 15) is 5.11 Å². The molecule has 1 aliphatic rings. The van der Waals surface area contributed by atoms with Crippen LogP contribution in [0.25, 0.3) is 0 Å². The van der Waals surface area contributed by atoms with Crippen LogP contribution in [-0.2, 0) is 0 Å². The third-order valence-corrected chi connectivity index (χ3v) is 4.77. The van der Waals surface area contributed by atoms with Gasteiger partial charge in [-0.15, -0.1) is 0 Å². The van der Waals surface area contributed by atoms with Crippen molar-refractivity contribution in [2.75, 3.05) is 13.1 Å². The first-order chi connectivity index (χ1) is 9.20. The zero-order valence-electron chi connectivity index (χ0n) is 13.2. The summed E-state index contributed by atoms with van der Waals surface area (Å²) in [6.07, 6.45) is 13.8. The first kappa shape index (κ1) is 17.0. The zero-order valence-corrected chi connectivity index (χ0v) is 13.2. The van der Waals surface area contributed by atoms with Gasteiger partial charge >= 0.3 is 0 Å². The Morgan fingerprint density at radius 1 is 1.00 bits per heavy atom. The molecule has 0 amide bonds. The molecule has 2 heteroatoms. The van der Waals surface area contributed by atoms with Gasteiger partial charge in [0.2, 0.25) is 0 Å². The van der Waals surface area contributed by atoms with Gasteiger partial charge in [-0.2, -0.15) is 0 Å². The molecule has 114 valence electrons. The highest BCUT2D eigenvalue weighted by molar-refractivity contribution is 4.86. The van der Waals surface area contributed by atoms with Crippen molar-refractivity contribution in [2.24, 2.45) is 5.92 Å². The summed E-state index contributed by atoms with van der Waals surface area (Å²) < 4.78 is 0. The SMILES string of the molecule is CCCCCCCCNCC1(O)CCC(CC)CC1. The molecule has 2 nitrogen and oxygen atoms in total. The summed E-state index contributed by atoms with van der Waals surface area (Å²) >= 11 is 0. The van der Waals surface area contributed by atoms with Crippen LogP contribution in [0.15, 0.2) is 0 Å². The van der Waals surface area contributed by atoms with E-state index < -0.39 is 5.60 Å². The average Bonchev–Trinajstić information content (AvgIpc) is 2.43. The van der Waals surface area contributed by atoms with Crippen molar-refractivity contribution < 1.29 is 5.11 Å². The second-order valence-corrected chi connectivity index (χ2v) is 6.52. The Hall–Kier alpha value is -0.0800. The highest BCUT2D eigenvalue weighted by Crippen LogP contribution is 2.33. The molecule has 0 bridgehead atoms. The third-order valence-electron chi connectivity index (χ3n) is 4.77. The molecule has 0 aliphatic heterocycles. The molecular weight excluding hydrogens is 234 g/mol. The monoisotopic (exact) mass is 269 g/mol. The molecule has 0 aromatic rings. The first-order valence-corrected chi connectivity index (χ1v) is 8.63. The van der Waals surface area contributed by atoms with Crippen molar-refractivity contribution in [1.29, 1.82) is 0 Å². The van der Waals surface area contributed by atoms with Crippen LogP contribution in [0.3, 0.4) is 0 Å². The number of unbranched alkanes of at least 4 members (excludes halogenated alkanes) is 5. The minimum Gasteiger partial charge on any atom is -0.389 e. The zero-order chi connectivity index (χ0) is 14.0. The van der Waals surface area contributed by atoms with Crippen LogP contribution < -0.4 is 5.32 Å². The maximum Gasteiger partial charge on any atom is 0.0771 e. The van der Waals surface area contributed by atoms with Crippen molar-refractivity contribution in [2.45, 2.75) is 90.1 Å². The normalized spacial score (nSPS) is 27.6. The molecule has 19 heavy (non-hydrogen) atoms. The molecule has 1 aliphatic carbocycles. The molecular formula is C17H35NO. The number of hydrogen-bond acceptors (Lipinski definition) is 2. The largest absolute Gasteiger partial charge is 0.389 e. The summed E-state index contributed by atoms with van der Waals surface area (Å²) in [5.41, 5.74) is -0.409. The number of nitrogens with one attached hydrogen (secondary N) is 1. The van der Waals surface area contributed by atoms with E-state index >= 15 is 0 Å². The van der Waals surface area contributed by atoms with Gasteiger partial charge in [0.25, 0.3) is 0 Å². The molecule has 1 rings (SSSR count). The van der Waals surface area contributed by atoms with Gasteiger partial charge in [0.05, 0.1) is 5.60 Å².